The van der Waals surface area contributed by atoms with Crippen LogP contribution in [0.25, 0.3) is 0 Å². The first-order valence-corrected chi connectivity index (χ1v) is 6.50. The van der Waals surface area contributed by atoms with E-state index in [0.717, 1.165) is 31.4 Å². The summed E-state index contributed by atoms with van der Waals surface area (Å²) in [6.07, 6.45) is 2.80. The minimum Gasteiger partial charge on any atom is -0.462 e. The van der Waals surface area contributed by atoms with Crippen LogP contribution in [0.4, 0.5) is 0 Å². The third-order valence-corrected chi connectivity index (χ3v) is 3.72. The summed E-state index contributed by atoms with van der Waals surface area (Å²) in [5.74, 6) is 1.63. The molecule has 1 saturated heterocycles. The van der Waals surface area contributed by atoms with E-state index in [1.54, 1.807) is 0 Å². The Balaban J connectivity index is 1.49. The fraction of sp³-hybridized carbons (Fsp3) is 0.692. The maximum atomic E-state index is 8.95. The second kappa shape index (κ2) is 4.80. The van der Waals surface area contributed by atoms with Crippen molar-refractivity contribution in [2.24, 2.45) is 0 Å². The molecule has 1 aromatic heterocycles. The van der Waals surface area contributed by atoms with E-state index in [9.17, 15) is 0 Å². The van der Waals surface area contributed by atoms with Crippen LogP contribution in [0.1, 0.15) is 24.4 Å². The van der Waals surface area contributed by atoms with E-state index in [1.807, 2.05) is 12.1 Å². The van der Waals surface area contributed by atoms with Gasteiger partial charge >= 0.3 is 0 Å². The number of aliphatic hydroxyl groups excluding tert-OH is 1. The van der Waals surface area contributed by atoms with Crippen LogP contribution in [0.3, 0.4) is 0 Å². The topological polar surface area (TPSA) is 39.9 Å². The Hall–Kier alpha value is -0.840. The van der Waals surface area contributed by atoms with Gasteiger partial charge in [-0.3, -0.25) is 9.80 Å². The fourth-order valence-corrected chi connectivity index (χ4v) is 2.54. The molecule has 2 fully saturated rings. The normalized spacial score (nSPS) is 23.1. The highest BCUT2D eigenvalue weighted by atomic mass is 16.4. The summed E-state index contributed by atoms with van der Waals surface area (Å²) < 4.78 is 5.52. The molecule has 2 heterocycles. The molecule has 17 heavy (non-hydrogen) atoms. The minimum atomic E-state index is -0.00451. The summed E-state index contributed by atoms with van der Waals surface area (Å²) >= 11 is 0. The average molecular weight is 236 g/mol. The monoisotopic (exact) mass is 236 g/mol. The van der Waals surface area contributed by atoms with Crippen molar-refractivity contribution < 1.29 is 9.52 Å². The van der Waals surface area contributed by atoms with E-state index in [-0.39, 0.29) is 6.61 Å². The van der Waals surface area contributed by atoms with E-state index in [0.29, 0.717) is 5.76 Å². The van der Waals surface area contributed by atoms with Crippen molar-refractivity contribution in [1.82, 2.24) is 9.80 Å². The van der Waals surface area contributed by atoms with Gasteiger partial charge in [-0.15, -0.1) is 0 Å². The maximum Gasteiger partial charge on any atom is 0.129 e. The standard InChI is InChI=1S/C13H20N2O2/c16-10-13-4-3-12(17-13)9-14-5-7-15(8-6-14)11-1-2-11/h3-4,11,16H,1-2,5-10H2. The van der Waals surface area contributed by atoms with Crippen molar-refractivity contribution in [2.45, 2.75) is 32.0 Å². The second-order valence-corrected chi connectivity index (χ2v) is 5.07. The summed E-state index contributed by atoms with van der Waals surface area (Å²) in [7, 11) is 0. The van der Waals surface area contributed by atoms with Gasteiger partial charge in [-0.25, -0.2) is 0 Å². The number of piperazine rings is 1. The van der Waals surface area contributed by atoms with Gasteiger partial charge in [0.2, 0.25) is 0 Å². The maximum absolute atomic E-state index is 8.95. The Labute approximate surface area is 102 Å². The minimum absolute atomic E-state index is 0.00451. The first kappa shape index (κ1) is 11.3. The largest absolute Gasteiger partial charge is 0.462 e. The molecule has 0 radical (unpaired) electrons. The molecule has 4 heteroatoms. The molecule has 0 spiro atoms. The lowest BCUT2D eigenvalue weighted by molar-refractivity contribution is 0.114. The average Bonchev–Trinajstić information content (AvgIpc) is 3.11. The van der Waals surface area contributed by atoms with Crippen molar-refractivity contribution in [1.29, 1.82) is 0 Å². The van der Waals surface area contributed by atoms with Crippen LogP contribution < -0.4 is 0 Å². The van der Waals surface area contributed by atoms with Gasteiger partial charge in [0.25, 0.3) is 0 Å². The lowest BCUT2D eigenvalue weighted by atomic mass is 10.3. The lowest BCUT2D eigenvalue weighted by Gasteiger charge is -2.34. The Morgan fingerprint density at radius 3 is 2.41 bits per heavy atom. The second-order valence-electron chi connectivity index (χ2n) is 5.07. The molecule has 1 saturated carbocycles. The molecule has 3 rings (SSSR count). The molecule has 1 aliphatic heterocycles. The van der Waals surface area contributed by atoms with Crippen LogP contribution in [-0.4, -0.2) is 47.1 Å². The quantitative estimate of drug-likeness (QED) is 0.848. The number of nitrogens with zero attached hydrogens (tertiary/aromatic N) is 2. The highest BCUT2D eigenvalue weighted by Gasteiger charge is 2.31. The molecule has 1 aromatic rings. The SMILES string of the molecule is OCc1ccc(CN2CCN(C3CC3)CC2)o1. The zero-order valence-electron chi connectivity index (χ0n) is 10.1. The number of hydrogen-bond acceptors (Lipinski definition) is 4. The predicted octanol–water partition coefficient (Wildman–Crippen LogP) is 1.05. The lowest BCUT2D eigenvalue weighted by Crippen LogP contribution is -2.46. The molecular weight excluding hydrogens is 216 g/mol. The van der Waals surface area contributed by atoms with E-state index in [2.05, 4.69) is 9.80 Å². The van der Waals surface area contributed by atoms with Crippen LogP contribution in [0, 0.1) is 0 Å². The Bertz CT molecular complexity index is 365. The van der Waals surface area contributed by atoms with Gasteiger partial charge in [0.1, 0.15) is 18.1 Å². The summed E-state index contributed by atoms with van der Waals surface area (Å²) in [6.45, 7) is 5.52. The third kappa shape index (κ3) is 2.70. The third-order valence-electron chi connectivity index (χ3n) is 3.72. The van der Waals surface area contributed by atoms with Crippen molar-refractivity contribution in [3.63, 3.8) is 0 Å². The first-order valence-electron chi connectivity index (χ1n) is 6.50. The number of furan rings is 1. The molecule has 0 unspecified atom stereocenters. The molecule has 2 aliphatic rings. The van der Waals surface area contributed by atoms with Crippen LogP contribution in [0.2, 0.25) is 0 Å². The summed E-state index contributed by atoms with van der Waals surface area (Å²) in [4.78, 5) is 5.04. The Morgan fingerprint density at radius 2 is 1.82 bits per heavy atom. The molecule has 1 aliphatic carbocycles. The van der Waals surface area contributed by atoms with Gasteiger partial charge in [0.15, 0.2) is 0 Å². The van der Waals surface area contributed by atoms with Crippen molar-refractivity contribution in [3.05, 3.63) is 23.7 Å². The molecule has 1 N–H and O–H groups in total. The summed E-state index contributed by atoms with van der Waals surface area (Å²) in [6, 6.07) is 4.72. The van der Waals surface area contributed by atoms with E-state index >= 15 is 0 Å². The highest BCUT2D eigenvalue weighted by molar-refractivity contribution is 5.06. The zero-order valence-corrected chi connectivity index (χ0v) is 10.1. The van der Waals surface area contributed by atoms with Gasteiger partial charge in [-0.2, -0.15) is 0 Å². The molecule has 0 amide bonds. The van der Waals surface area contributed by atoms with Gasteiger partial charge in [-0.1, -0.05) is 0 Å². The number of hydrogen-bond donors (Lipinski definition) is 1. The fourth-order valence-electron chi connectivity index (χ4n) is 2.54. The van der Waals surface area contributed by atoms with Crippen LogP contribution in [0.15, 0.2) is 16.5 Å². The molecule has 94 valence electrons. The highest BCUT2D eigenvalue weighted by Crippen LogP contribution is 2.27. The molecule has 0 bridgehead atoms. The van der Waals surface area contributed by atoms with Crippen LogP contribution in [0.5, 0.6) is 0 Å². The summed E-state index contributed by atoms with van der Waals surface area (Å²) in [5.41, 5.74) is 0. The Kier molecular flexibility index (Phi) is 3.18. The van der Waals surface area contributed by atoms with E-state index in [1.165, 1.54) is 25.9 Å². The smallest absolute Gasteiger partial charge is 0.129 e. The van der Waals surface area contributed by atoms with Crippen LogP contribution in [-0.2, 0) is 13.2 Å². The number of aliphatic hydroxyl groups is 1. The van der Waals surface area contributed by atoms with E-state index < -0.39 is 0 Å². The van der Waals surface area contributed by atoms with Crippen molar-refractivity contribution in [3.8, 4) is 0 Å². The van der Waals surface area contributed by atoms with Gasteiger partial charge in [0.05, 0.1) is 6.54 Å². The molecule has 0 atom stereocenters. The zero-order chi connectivity index (χ0) is 11.7. The Morgan fingerprint density at radius 1 is 1.12 bits per heavy atom. The van der Waals surface area contributed by atoms with E-state index in [4.69, 9.17) is 9.52 Å². The van der Waals surface area contributed by atoms with Gasteiger partial charge < -0.3 is 9.52 Å². The van der Waals surface area contributed by atoms with Crippen molar-refractivity contribution in [2.75, 3.05) is 26.2 Å². The molecule has 0 aromatic carbocycles. The van der Waals surface area contributed by atoms with Crippen molar-refractivity contribution >= 4 is 0 Å². The van der Waals surface area contributed by atoms with Gasteiger partial charge in [0, 0.05) is 32.2 Å². The molecule has 4 nitrogen and oxygen atoms in total. The van der Waals surface area contributed by atoms with Gasteiger partial charge in [-0.05, 0) is 25.0 Å². The van der Waals surface area contributed by atoms with Crippen LogP contribution >= 0.6 is 0 Å². The summed E-state index contributed by atoms with van der Waals surface area (Å²) in [5, 5.41) is 8.95. The first-order chi connectivity index (χ1) is 8.35. The number of rotatable bonds is 4. The molecular formula is C13H20N2O2. The predicted molar refractivity (Wildman–Crippen MR) is 64.5 cm³/mol.